The molecule has 0 aliphatic rings. The molecule has 1 rings (SSSR count). The van der Waals surface area contributed by atoms with Gasteiger partial charge in [0.05, 0.1) is 5.69 Å². The van der Waals surface area contributed by atoms with Gasteiger partial charge in [0.1, 0.15) is 5.75 Å². The monoisotopic (exact) mass is 256 g/mol. The first-order valence-corrected chi connectivity index (χ1v) is 6.15. The summed E-state index contributed by atoms with van der Waals surface area (Å²) in [5.74, 6) is 0.928. The van der Waals surface area contributed by atoms with Crippen LogP contribution in [0.5, 0.6) is 5.75 Å². The first kappa shape index (κ1) is 13.6. The van der Waals surface area contributed by atoms with E-state index in [2.05, 4.69) is 20.3 Å². The van der Waals surface area contributed by atoms with Crippen molar-refractivity contribution in [3.05, 3.63) is 24.0 Å². The number of carbonyl (C=O) groups excluding carboxylic acids is 1. The quantitative estimate of drug-likeness (QED) is 0.439. The van der Waals surface area contributed by atoms with Crippen molar-refractivity contribution in [2.45, 2.75) is 6.54 Å². The van der Waals surface area contributed by atoms with Crippen LogP contribution in [0.2, 0.25) is 0 Å². The maximum Gasteiger partial charge on any atom is 0.324 e. The van der Waals surface area contributed by atoms with Gasteiger partial charge in [0.25, 0.3) is 0 Å². The molecule has 1 aromatic heterocycles. The predicted octanol–water partition coefficient (Wildman–Crippen LogP) is 0.454. The Morgan fingerprint density at radius 1 is 1.59 bits per heavy atom. The number of aromatic nitrogens is 1. The molecule has 1 aromatic rings. The topological polar surface area (TPSA) is 86.3 Å². The third kappa shape index (κ3) is 5.41. The molecule has 0 saturated carbocycles. The molecule has 0 bridgehead atoms. The van der Waals surface area contributed by atoms with Crippen molar-refractivity contribution in [1.29, 1.82) is 0 Å². The molecule has 7 heteroatoms. The summed E-state index contributed by atoms with van der Waals surface area (Å²) in [5, 5.41) is 15.0. The van der Waals surface area contributed by atoms with Gasteiger partial charge in [0.15, 0.2) is 0 Å². The van der Waals surface area contributed by atoms with Crippen molar-refractivity contribution >= 4 is 18.0 Å². The highest BCUT2D eigenvalue weighted by Crippen LogP contribution is 2.11. The van der Waals surface area contributed by atoms with Crippen LogP contribution in [0.15, 0.2) is 18.3 Å². The lowest BCUT2D eigenvalue weighted by atomic mass is 10.3. The number of nitrogens with one attached hydrogen (secondary N) is 3. The predicted molar refractivity (Wildman–Crippen MR) is 67.7 cm³/mol. The highest BCUT2D eigenvalue weighted by molar-refractivity contribution is 7.97. The Balaban J connectivity index is 2.09. The Bertz CT molecular complexity index is 362. The molecule has 0 aliphatic carbocycles. The summed E-state index contributed by atoms with van der Waals surface area (Å²) >= 11 is 1.32. The van der Waals surface area contributed by atoms with Crippen LogP contribution < -0.4 is 15.4 Å². The van der Waals surface area contributed by atoms with E-state index >= 15 is 0 Å². The first-order chi connectivity index (χ1) is 8.24. The summed E-state index contributed by atoms with van der Waals surface area (Å²) in [4.78, 5) is 14.8. The van der Waals surface area contributed by atoms with Crippen molar-refractivity contribution in [2.24, 2.45) is 0 Å². The summed E-state index contributed by atoms with van der Waals surface area (Å²) in [7, 11) is 1.57. The normalized spacial score (nSPS) is 9.94. The fourth-order valence-electron chi connectivity index (χ4n) is 1.06. The second-order valence-electron chi connectivity index (χ2n) is 3.18. The Morgan fingerprint density at radius 2 is 2.41 bits per heavy atom. The number of aromatic hydroxyl groups is 1. The van der Waals surface area contributed by atoms with E-state index < -0.39 is 0 Å². The fraction of sp³-hybridized carbons (Fsp3) is 0.400. The summed E-state index contributed by atoms with van der Waals surface area (Å²) in [5.41, 5.74) is 0.622. The Hall–Kier alpha value is -1.47. The van der Waals surface area contributed by atoms with Crippen LogP contribution in [-0.2, 0) is 6.54 Å². The summed E-state index contributed by atoms with van der Waals surface area (Å²) in [6.07, 6.45) is 1.64. The maximum atomic E-state index is 10.8. The molecule has 2 amide bonds. The van der Waals surface area contributed by atoms with Crippen molar-refractivity contribution in [2.75, 3.05) is 19.3 Å². The molecule has 4 N–H and O–H groups in total. The standard InChI is InChI=1S/C10H16N4O2S/c1-11-10(16)14-17-6-5-12-7-8-9(15)3-2-4-13-8/h2-4,12,15H,5-7H2,1H3,(H2,11,14,16). The lowest BCUT2D eigenvalue weighted by molar-refractivity contribution is 0.248. The summed E-state index contributed by atoms with van der Waals surface area (Å²) in [6.45, 7) is 1.22. The van der Waals surface area contributed by atoms with E-state index in [9.17, 15) is 9.90 Å². The molecule has 0 aliphatic heterocycles. The van der Waals surface area contributed by atoms with E-state index in [1.807, 2.05) is 0 Å². The molecule has 6 nitrogen and oxygen atoms in total. The minimum absolute atomic E-state index is 0.191. The van der Waals surface area contributed by atoms with Gasteiger partial charge in [0, 0.05) is 32.1 Å². The van der Waals surface area contributed by atoms with Gasteiger partial charge >= 0.3 is 6.03 Å². The van der Waals surface area contributed by atoms with Crippen molar-refractivity contribution in [3.63, 3.8) is 0 Å². The smallest absolute Gasteiger partial charge is 0.324 e. The molecule has 0 fully saturated rings. The molecule has 0 radical (unpaired) electrons. The van der Waals surface area contributed by atoms with E-state index in [-0.39, 0.29) is 11.8 Å². The molecular weight excluding hydrogens is 240 g/mol. The number of amides is 2. The van der Waals surface area contributed by atoms with Gasteiger partial charge < -0.3 is 15.7 Å². The van der Waals surface area contributed by atoms with Crippen LogP contribution in [0.3, 0.4) is 0 Å². The van der Waals surface area contributed by atoms with Crippen molar-refractivity contribution in [1.82, 2.24) is 20.3 Å². The molecule has 0 atom stereocenters. The second-order valence-corrected chi connectivity index (χ2v) is 4.08. The van der Waals surface area contributed by atoms with Gasteiger partial charge in [-0.3, -0.25) is 9.71 Å². The zero-order chi connectivity index (χ0) is 12.5. The molecule has 17 heavy (non-hydrogen) atoms. The Kier molecular flexibility index (Phi) is 6.19. The third-order valence-electron chi connectivity index (χ3n) is 1.93. The van der Waals surface area contributed by atoms with Gasteiger partial charge in [-0.1, -0.05) is 0 Å². The van der Waals surface area contributed by atoms with Crippen LogP contribution in [0.4, 0.5) is 4.79 Å². The lowest BCUT2D eigenvalue weighted by Gasteiger charge is -2.06. The summed E-state index contributed by atoms with van der Waals surface area (Å²) in [6, 6.07) is 3.07. The van der Waals surface area contributed by atoms with Crippen LogP contribution in [0.1, 0.15) is 5.69 Å². The maximum absolute atomic E-state index is 10.8. The SMILES string of the molecule is CNC(=O)NSCCNCc1ncccc1O. The molecule has 0 aromatic carbocycles. The fourth-order valence-corrected chi connectivity index (χ4v) is 1.64. The van der Waals surface area contributed by atoms with Gasteiger partial charge in [0.2, 0.25) is 0 Å². The van der Waals surface area contributed by atoms with Gasteiger partial charge in [-0.25, -0.2) is 4.79 Å². The highest BCUT2D eigenvalue weighted by Gasteiger charge is 2.00. The number of urea groups is 1. The molecular formula is C10H16N4O2S. The number of rotatable bonds is 6. The molecule has 1 heterocycles. The second kappa shape index (κ2) is 7.75. The average molecular weight is 256 g/mol. The Labute approximate surface area is 104 Å². The largest absolute Gasteiger partial charge is 0.506 e. The van der Waals surface area contributed by atoms with Gasteiger partial charge in [-0.05, 0) is 24.1 Å². The molecule has 0 unspecified atom stereocenters. The summed E-state index contributed by atoms with van der Waals surface area (Å²) < 4.78 is 2.60. The molecule has 0 saturated heterocycles. The van der Waals surface area contributed by atoms with E-state index in [0.29, 0.717) is 18.8 Å². The lowest BCUT2D eigenvalue weighted by Crippen LogP contribution is -2.29. The minimum atomic E-state index is -0.211. The van der Waals surface area contributed by atoms with E-state index in [0.717, 1.165) is 5.75 Å². The van der Waals surface area contributed by atoms with E-state index in [1.54, 1.807) is 25.4 Å². The van der Waals surface area contributed by atoms with Crippen molar-refractivity contribution < 1.29 is 9.90 Å². The zero-order valence-corrected chi connectivity index (χ0v) is 10.4. The number of nitrogens with zero attached hydrogens (tertiary/aromatic N) is 1. The van der Waals surface area contributed by atoms with E-state index in [1.165, 1.54) is 11.9 Å². The van der Waals surface area contributed by atoms with Crippen molar-refractivity contribution in [3.8, 4) is 5.75 Å². The van der Waals surface area contributed by atoms with E-state index in [4.69, 9.17) is 0 Å². The van der Waals surface area contributed by atoms with Gasteiger partial charge in [-0.15, -0.1) is 0 Å². The molecule has 94 valence electrons. The Morgan fingerprint density at radius 3 is 3.12 bits per heavy atom. The van der Waals surface area contributed by atoms with Crippen LogP contribution in [0, 0.1) is 0 Å². The number of pyridine rings is 1. The third-order valence-corrected chi connectivity index (χ3v) is 2.67. The minimum Gasteiger partial charge on any atom is -0.506 e. The van der Waals surface area contributed by atoms with Crippen LogP contribution >= 0.6 is 11.9 Å². The number of hydrogen-bond acceptors (Lipinski definition) is 5. The van der Waals surface area contributed by atoms with Crippen LogP contribution in [-0.4, -0.2) is 35.5 Å². The first-order valence-electron chi connectivity index (χ1n) is 5.17. The van der Waals surface area contributed by atoms with Crippen LogP contribution in [0.25, 0.3) is 0 Å². The zero-order valence-electron chi connectivity index (χ0n) is 9.56. The number of carbonyl (C=O) groups is 1. The van der Waals surface area contributed by atoms with Gasteiger partial charge in [-0.2, -0.15) is 0 Å². The average Bonchev–Trinajstić information content (AvgIpc) is 2.35. The molecule has 0 spiro atoms. The number of hydrogen-bond donors (Lipinski definition) is 4. The highest BCUT2D eigenvalue weighted by atomic mass is 32.2.